The zero-order chi connectivity index (χ0) is 12.3. The molecular formula is C14H25N3. The molecule has 0 aliphatic heterocycles. The molecule has 0 aromatic carbocycles. The Morgan fingerprint density at radius 2 is 2.12 bits per heavy atom. The van der Waals surface area contributed by atoms with Gasteiger partial charge in [-0.05, 0) is 50.5 Å². The van der Waals surface area contributed by atoms with Crippen LogP contribution in [0.4, 0.5) is 0 Å². The van der Waals surface area contributed by atoms with Crippen molar-refractivity contribution in [2.75, 3.05) is 0 Å². The van der Waals surface area contributed by atoms with E-state index in [9.17, 15) is 0 Å². The molecular weight excluding hydrogens is 210 g/mol. The highest BCUT2D eigenvalue weighted by Crippen LogP contribution is 2.33. The molecule has 3 nitrogen and oxygen atoms in total. The first-order valence-corrected chi connectivity index (χ1v) is 6.97. The zero-order valence-corrected chi connectivity index (χ0v) is 11.1. The molecule has 0 spiro atoms. The molecule has 3 heteroatoms. The van der Waals surface area contributed by atoms with E-state index in [1.807, 2.05) is 13.1 Å². The summed E-state index contributed by atoms with van der Waals surface area (Å²) in [5.41, 5.74) is 7.09. The summed E-state index contributed by atoms with van der Waals surface area (Å²) in [4.78, 5) is 0. The smallest absolute Gasteiger partial charge is 0.0522 e. The summed E-state index contributed by atoms with van der Waals surface area (Å²) in [5, 5.41) is 4.50. The zero-order valence-electron chi connectivity index (χ0n) is 11.1. The Morgan fingerprint density at radius 3 is 2.71 bits per heavy atom. The summed E-state index contributed by atoms with van der Waals surface area (Å²) in [6.07, 6.45) is 11.8. The molecule has 1 unspecified atom stereocenters. The molecule has 2 rings (SSSR count). The molecule has 1 atom stereocenters. The molecule has 1 fully saturated rings. The SMILES string of the molecule is CCC1CCC(n2cc(CC(C)N)cn2)CC1. The quantitative estimate of drug-likeness (QED) is 0.872. The van der Waals surface area contributed by atoms with Crippen molar-refractivity contribution in [3.63, 3.8) is 0 Å². The van der Waals surface area contributed by atoms with Crippen LogP contribution in [0.15, 0.2) is 12.4 Å². The van der Waals surface area contributed by atoms with Gasteiger partial charge < -0.3 is 5.73 Å². The molecule has 1 aliphatic rings. The lowest BCUT2D eigenvalue weighted by atomic mass is 9.85. The Balaban J connectivity index is 1.92. The molecule has 1 aromatic heterocycles. The molecule has 17 heavy (non-hydrogen) atoms. The van der Waals surface area contributed by atoms with Gasteiger partial charge in [0.1, 0.15) is 0 Å². The lowest BCUT2D eigenvalue weighted by molar-refractivity contribution is 0.256. The van der Waals surface area contributed by atoms with Crippen LogP contribution < -0.4 is 5.73 Å². The highest BCUT2D eigenvalue weighted by atomic mass is 15.3. The highest BCUT2D eigenvalue weighted by molar-refractivity contribution is 5.06. The second-order valence-corrected chi connectivity index (χ2v) is 5.59. The maximum absolute atomic E-state index is 5.81. The molecule has 2 N–H and O–H groups in total. The van der Waals surface area contributed by atoms with Crippen molar-refractivity contribution in [3.8, 4) is 0 Å². The van der Waals surface area contributed by atoms with Gasteiger partial charge in [0.25, 0.3) is 0 Å². The van der Waals surface area contributed by atoms with E-state index in [1.54, 1.807) is 0 Å². The second-order valence-electron chi connectivity index (χ2n) is 5.59. The van der Waals surface area contributed by atoms with Crippen LogP contribution in [0, 0.1) is 5.92 Å². The molecule has 0 amide bonds. The molecule has 1 heterocycles. The van der Waals surface area contributed by atoms with Gasteiger partial charge in [-0.25, -0.2) is 0 Å². The minimum Gasteiger partial charge on any atom is -0.328 e. The molecule has 1 aliphatic carbocycles. The maximum atomic E-state index is 5.81. The first-order chi connectivity index (χ1) is 8.19. The summed E-state index contributed by atoms with van der Waals surface area (Å²) in [6.45, 7) is 4.35. The summed E-state index contributed by atoms with van der Waals surface area (Å²) in [7, 11) is 0. The van der Waals surface area contributed by atoms with Gasteiger partial charge in [0, 0.05) is 12.2 Å². The Kier molecular flexibility index (Phi) is 4.21. The second kappa shape index (κ2) is 5.67. The average Bonchev–Trinajstić information content (AvgIpc) is 2.77. The number of nitrogens with two attached hydrogens (primary N) is 1. The predicted octanol–water partition coefficient (Wildman–Crippen LogP) is 2.91. The topological polar surface area (TPSA) is 43.8 Å². The van der Waals surface area contributed by atoms with E-state index >= 15 is 0 Å². The highest BCUT2D eigenvalue weighted by Gasteiger charge is 2.21. The third-order valence-corrected chi connectivity index (χ3v) is 3.98. The fourth-order valence-corrected chi connectivity index (χ4v) is 2.87. The van der Waals surface area contributed by atoms with Crippen LogP contribution >= 0.6 is 0 Å². The van der Waals surface area contributed by atoms with Gasteiger partial charge >= 0.3 is 0 Å². The maximum Gasteiger partial charge on any atom is 0.0522 e. The van der Waals surface area contributed by atoms with E-state index in [2.05, 4.69) is 22.9 Å². The van der Waals surface area contributed by atoms with E-state index in [4.69, 9.17) is 5.73 Å². The first kappa shape index (κ1) is 12.6. The van der Waals surface area contributed by atoms with Crippen molar-refractivity contribution in [3.05, 3.63) is 18.0 Å². The van der Waals surface area contributed by atoms with Gasteiger partial charge in [-0.1, -0.05) is 13.3 Å². The van der Waals surface area contributed by atoms with E-state index in [0.717, 1.165) is 12.3 Å². The normalized spacial score (nSPS) is 27.0. The monoisotopic (exact) mass is 235 g/mol. The lowest BCUT2D eigenvalue weighted by Gasteiger charge is -2.27. The fourth-order valence-electron chi connectivity index (χ4n) is 2.87. The van der Waals surface area contributed by atoms with Gasteiger partial charge in [-0.3, -0.25) is 4.68 Å². The van der Waals surface area contributed by atoms with Crippen LogP contribution in [-0.2, 0) is 6.42 Å². The van der Waals surface area contributed by atoms with Gasteiger partial charge in [-0.2, -0.15) is 5.10 Å². The molecule has 0 saturated heterocycles. The molecule has 0 radical (unpaired) electrons. The number of hydrogen-bond donors (Lipinski definition) is 1. The van der Waals surface area contributed by atoms with Crippen LogP contribution in [0.25, 0.3) is 0 Å². The average molecular weight is 235 g/mol. The molecule has 96 valence electrons. The minimum atomic E-state index is 0.225. The summed E-state index contributed by atoms with van der Waals surface area (Å²) < 4.78 is 2.17. The Hall–Kier alpha value is -0.830. The third-order valence-electron chi connectivity index (χ3n) is 3.98. The molecule has 1 saturated carbocycles. The van der Waals surface area contributed by atoms with Crippen molar-refractivity contribution in [2.24, 2.45) is 11.7 Å². The van der Waals surface area contributed by atoms with Gasteiger partial charge in [-0.15, -0.1) is 0 Å². The third kappa shape index (κ3) is 3.32. The van der Waals surface area contributed by atoms with E-state index in [-0.39, 0.29) is 6.04 Å². The Labute approximate surface area is 104 Å². The van der Waals surface area contributed by atoms with E-state index in [0.29, 0.717) is 6.04 Å². The number of hydrogen-bond acceptors (Lipinski definition) is 2. The van der Waals surface area contributed by atoms with Crippen molar-refractivity contribution >= 4 is 0 Å². The van der Waals surface area contributed by atoms with Gasteiger partial charge in [0.2, 0.25) is 0 Å². The van der Waals surface area contributed by atoms with Crippen LogP contribution in [-0.4, -0.2) is 15.8 Å². The predicted molar refractivity (Wildman–Crippen MR) is 70.9 cm³/mol. The number of aromatic nitrogens is 2. The Bertz CT molecular complexity index is 335. The van der Waals surface area contributed by atoms with Gasteiger partial charge in [0.15, 0.2) is 0 Å². The van der Waals surface area contributed by atoms with E-state index in [1.165, 1.54) is 37.7 Å². The summed E-state index contributed by atoms with van der Waals surface area (Å²) in [5.74, 6) is 0.949. The minimum absolute atomic E-state index is 0.225. The Morgan fingerprint density at radius 1 is 1.41 bits per heavy atom. The largest absolute Gasteiger partial charge is 0.328 e. The number of nitrogens with zero attached hydrogens (tertiary/aromatic N) is 2. The van der Waals surface area contributed by atoms with Crippen LogP contribution in [0.3, 0.4) is 0 Å². The fraction of sp³-hybridized carbons (Fsp3) is 0.786. The first-order valence-electron chi connectivity index (χ1n) is 6.97. The van der Waals surface area contributed by atoms with Gasteiger partial charge in [0.05, 0.1) is 12.2 Å². The van der Waals surface area contributed by atoms with Crippen molar-refractivity contribution in [2.45, 2.75) is 64.5 Å². The number of rotatable bonds is 4. The standard InChI is InChI=1S/C14H25N3/c1-3-12-4-6-14(7-5-12)17-10-13(9-16-17)8-11(2)15/h9-12,14H,3-8,15H2,1-2H3. The van der Waals surface area contributed by atoms with Crippen molar-refractivity contribution in [1.82, 2.24) is 9.78 Å². The van der Waals surface area contributed by atoms with E-state index < -0.39 is 0 Å². The van der Waals surface area contributed by atoms with Crippen LogP contribution in [0.5, 0.6) is 0 Å². The summed E-state index contributed by atoms with van der Waals surface area (Å²) in [6, 6.07) is 0.850. The van der Waals surface area contributed by atoms with Crippen LogP contribution in [0.1, 0.15) is 57.6 Å². The lowest BCUT2D eigenvalue weighted by Crippen LogP contribution is -2.19. The van der Waals surface area contributed by atoms with Crippen LogP contribution in [0.2, 0.25) is 0 Å². The molecule has 0 bridgehead atoms. The molecule has 1 aromatic rings. The van der Waals surface area contributed by atoms with Crippen molar-refractivity contribution in [1.29, 1.82) is 0 Å². The summed E-state index contributed by atoms with van der Waals surface area (Å²) >= 11 is 0. The van der Waals surface area contributed by atoms with Crippen molar-refractivity contribution < 1.29 is 0 Å².